The molecule has 0 aliphatic carbocycles. The van der Waals surface area contributed by atoms with Crippen molar-refractivity contribution in [1.29, 1.82) is 0 Å². The fourth-order valence-corrected chi connectivity index (χ4v) is 5.32. The van der Waals surface area contributed by atoms with Crippen molar-refractivity contribution in [3.63, 3.8) is 0 Å². The van der Waals surface area contributed by atoms with Crippen LogP contribution in [-0.4, -0.2) is 15.1 Å². The number of fused-ring (bicyclic) bond motifs is 1. The zero-order valence-electron chi connectivity index (χ0n) is 29.3. The van der Waals surface area contributed by atoms with Gasteiger partial charge in [-0.25, -0.2) is 4.98 Å². The predicted octanol–water partition coefficient (Wildman–Crippen LogP) is 9.60. The summed E-state index contributed by atoms with van der Waals surface area (Å²) in [4.78, 5) is 9.27. The second-order valence-electron chi connectivity index (χ2n) is 10.3. The Labute approximate surface area is 279 Å². The van der Waals surface area contributed by atoms with Crippen molar-refractivity contribution < 1.29 is 38.8 Å². The van der Waals surface area contributed by atoms with Gasteiger partial charge in [0.25, 0.3) is 0 Å². The van der Waals surface area contributed by atoms with Crippen LogP contribution in [-0.2, 0) is 27.5 Å². The van der Waals surface area contributed by atoms with Gasteiger partial charge in [-0.2, -0.15) is 0 Å². The van der Waals surface area contributed by atoms with E-state index in [4.69, 9.17) is 17.6 Å². The number of benzene rings is 5. The molecule has 0 aliphatic rings. The number of pyridine rings is 1. The molecule has 0 saturated heterocycles. The van der Waals surface area contributed by atoms with Crippen LogP contribution in [0.1, 0.15) is 30.5 Å². The Balaban J connectivity index is 0.00000432. The molecule has 0 saturated carbocycles. The molecule has 2 heterocycles. The standard InChI is InChI=1S/C39H29N2O2.Pt/c1-25-19-30(22-31(20-25)35-23-34(26(2)24-40-35)28-13-7-4-8-14-28)32-16-10-18-36-37(32)41-39(43-36)33-17-9-15-29(38(33)42)21-27-11-5-3-6-12-27;/h3-20,23-24,42H,21H2,1-2H3;/q-1;/i1D3,2D3;. The van der Waals surface area contributed by atoms with Gasteiger partial charge in [-0.15, -0.1) is 29.3 Å². The number of para-hydroxylation sites is 2. The van der Waals surface area contributed by atoms with E-state index < -0.39 is 13.7 Å². The van der Waals surface area contributed by atoms with Crippen molar-refractivity contribution in [2.24, 2.45) is 0 Å². The molecule has 218 valence electrons. The number of hydrogen-bond acceptors (Lipinski definition) is 4. The van der Waals surface area contributed by atoms with E-state index in [0.29, 0.717) is 56.6 Å². The first-order valence-corrected chi connectivity index (χ1v) is 13.8. The number of phenolic OH excluding ortho intramolecular Hbond substituents is 1. The maximum absolute atomic E-state index is 11.3. The second kappa shape index (κ2) is 12.4. The van der Waals surface area contributed by atoms with Gasteiger partial charge < -0.3 is 9.52 Å². The fourth-order valence-electron chi connectivity index (χ4n) is 5.32. The zero-order chi connectivity index (χ0) is 34.3. The number of oxazole rings is 1. The summed E-state index contributed by atoms with van der Waals surface area (Å²) in [6.07, 6.45) is 1.85. The van der Waals surface area contributed by atoms with Crippen molar-refractivity contribution in [2.45, 2.75) is 20.1 Å². The number of phenols is 1. The third kappa shape index (κ3) is 5.74. The van der Waals surface area contributed by atoms with E-state index in [9.17, 15) is 5.11 Å². The number of nitrogens with zero attached hydrogens (tertiary/aromatic N) is 2. The maximum Gasteiger partial charge on any atom is 0.230 e. The van der Waals surface area contributed by atoms with Gasteiger partial charge in [0.05, 0.1) is 11.1 Å². The number of aromatic nitrogens is 2. The summed E-state index contributed by atoms with van der Waals surface area (Å²) in [6, 6.07) is 37.8. The van der Waals surface area contributed by atoms with Gasteiger partial charge in [0.15, 0.2) is 0 Å². The molecule has 2 aromatic heterocycles. The van der Waals surface area contributed by atoms with Gasteiger partial charge >= 0.3 is 0 Å². The third-order valence-electron chi connectivity index (χ3n) is 7.43. The molecule has 0 fully saturated rings. The monoisotopic (exact) mass is 758 g/mol. The summed E-state index contributed by atoms with van der Waals surface area (Å²) in [6.45, 7) is -4.88. The molecule has 0 amide bonds. The number of aryl methyl sites for hydroxylation is 2. The maximum atomic E-state index is 11.3. The largest absolute Gasteiger partial charge is 0.507 e. The van der Waals surface area contributed by atoms with Crippen LogP contribution in [0, 0.1) is 19.8 Å². The summed E-state index contributed by atoms with van der Waals surface area (Å²) >= 11 is 0. The van der Waals surface area contributed by atoms with Gasteiger partial charge in [0.2, 0.25) is 5.89 Å². The SMILES string of the molecule is [2H]C([2H])([2H])c1cc(-c2cc(-c3ccccc3)c(C([2H])([2H])[2H])cn2)[c-]c(-c2cccc3oc(-c4cccc(Cc5ccccc5)c4O)nc23)c1.[Pt]. The molecule has 0 unspecified atom stereocenters. The Morgan fingerprint density at radius 2 is 1.52 bits per heavy atom. The first-order valence-electron chi connectivity index (χ1n) is 16.8. The smallest absolute Gasteiger partial charge is 0.230 e. The van der Waals surface area contributed by atoms with E-state index in [-0.39, 0.29) is 43.8 Å². The van der Waals surface area contributed by atoms with Gasteiger partial charge in [0, 0.05) is 47.6 Å². The van der Waals surface area contributed by atoms with Crippen LogP contribution < -0.4 is 0 Å². The number of hydrogen-bond donors (Lipinski definition) is 1. The minimum Gasteiger partial charge on any atom is -0.507 e. The van der Waals surface area contributed by atoms with E-state index in [1.54, 1.807) is 36.4 Å². The predicted molar refractivity (Wildman–Crippen MR) is 173 cm³/mol. The third-order valence-corrected chi connectivity index (χ3v) is 7.43. The molecule has 0 spiro atoms. The quantitative estimate of drug-likeness (QED) is 0.172. The Morgan fingerprint density at radius 3 is 2.32 bits per heavy atom. The normalized spacial score (nSPS) is 13.5. The summed E-state index contributed by atoms with van der Waals surface area (Å²) in [5, 5.41) is 11.3. The van der Waals surface area contributed by atoms with Crippen molar-refractivity contribution in [1.82, 2.24) is 9.97 Å². The van der Waals surface area contributed by atoms with Gasteiger partial charge in [-0.3, -0.25) is 4.98 Å². The minimum atomic E-state index is -2.46. The molecule has 5 heteroatoms. The van der Waals surface area contributed by atoms with Crippen LogP contribution in [0.2, 0.25) is 0 Å². The van der Waals surface area contributed by atoms with E-state index in [0.717, 1.165) is 11.1 Å². The van der Waals surface area contributed by atoms with Crippen LogP contribution in [0.5, 0.6) is 5.75 Å². The van der Waals surface area contributed by atoms with Crippen LogP contribution in [0.4, 0.5) is 0 Å². The molecule has 1 N–H and O–H groups in total. The van der Waals surface area contributed by atoms with Gasteiger partial charge in [-0.05, 0) is 46.8 Å². The minimum absolute atomic E-state index is 0. The van der Waals surface area contributed by atoms with E-state index >= 15 is 0 Å². The number of aromatic hydroxyl groups is 1. The first kappa shape index (κ1) is 22.7. The number of rotatable bonds is 6. The molecule has 0 radical (unpaired) electrons. The average molecular weight is 759 g/mol. The van der Waals surface area contributed by atoms with Crippen LogP contribution >= 0.6 is 0 Å². The zero-order valence-corrected chi connectivity index (χ0v) is 25.6. The van der Waals surface area contributed by atoms with Crippen LogP contribution in [0.15, 0.2) is 126 Å². The van der Waals surface area contributed by atoms with E-state index in [1.165, 1.54) is 12.3 Å². The Kier molecular flexibility index (Phi) is 6.42. The van der Waals surface area contributed by atoms with Crippen molar-refractivity contribution >= 4 is 11.1 Å². The molecular formula is C39H29N2O2Pt-. The first-order chi connectivity index (χ1) is 23.5. The summed E-state index contributed by atoms with van der Waals surface area (Å²) < 4.78 is 55.2. The molecule has 0 atom stereocenters. The Hall–Kier alpha value is -4.79. The molecule has 4 nitrogen and oxygen atoms in total. The average Bonchev–Trinajstić information content (AvgIpc) is 3.53. The van der Waals surface area contributed by atoms with Crippen molar-refractivity contribution in [2.75, 3.05) is 0 Å². The summed E-state index contributed by atoms with van der Waals surface area (Å²) in [7, 11) is 0. The summed E-state index contributed by atoms with van der Waals surface area (Å²) in [5.41, 5.74) is 6.19. The molecule has 44 heavy (non-hydrogen) atoms. The Bertz CT molecular complexity index is 2300. The second-order valence-corrected chi connectivity index (χ2v) is 10.3. The fraction of sp³-hybridized carbons (Fsp3) is 0.0769. The molecule has 5 aromatic carbocycles. The molecule has 7 aromatic rings. The topological polar surface area (TPSA) is 59.2 Å². The van der Waals surface area contributed by atoms with Crippen LogP contribution in [0.25, 0.3) is 56.1 Å². The van der Waals surface area contributed by atoms with Crippen molar-refractivity contribution in [3.8, 4) is 50.7 Å². The summed E-state index contributed by atoms with van der Waals surface area (Å²) in [5.74, 6) is 0.287. The molecular weight excluding hydrogens is 724 g/mol. The molecule has 7 rings (SSSR count). The molecule has 0 bridgehead atoms. The van der Waals surface area contributed by atoms with Crippen molar-refractivity contribution in [3.05, 3.63) is 150 Å². The van der Waals surface area contributed by atoms with Crippen LogP contribution in [0.3, 0.4) is 0 Å². The van der Waals surface area contributed by atoms with E-state index in [1.807, 2.05) is 72.8 Å². The Morgan fingerprint density at radius 1 is 0.773 bits per heavy atom. The van der Waals surface area contributed by atoms with E-state index in [2.05, 4.69) is 11.1 Å². The van der Waals surface area contributed by atoms with Gasteiger partial charge in [-0.1, -0.05) is 109 Å². The van der Waals surface area contributed by atoms with Gasteiger partial charge in [0.1, 0.15) is 11.3 Å². The molecule has 0 aliphatic heterocycles.